The molecule has 4 heteroatoms. The first kappa shape index (κ1) is 11.4. The Labute approximate surface area is 105 Å². The number of fused-ring (bicyclic) bond motifs is 1. The summed E-state index contributed by atoms with van der Waals surface area (Å²) in [6.07, 6.45) is 3.00. The fourth-order valence-corrected chi connectivity index (χ4v) is 2.62. The minimum Gasteiger partial charge on any atom is -0.331 e. The average molecular weight is 245 g/mol. The molecule has 1 aliphatic rings. The van der Waals surface area contributed by atoms with Crippen molar-refractivity contribution in [3.63, 3.8) is 0 Å². The van der Waals surface area contributed by atoms with Crippen molar-refractivity contribution in [2.24, 2.45) is 5.73 Å². The summed E-state index contributed by atoms with van der Waals surface area (Å²) in [6.45, 7) is 1.64. The van der Waals surface area contributed by atoms with Crippen LogP contribution in [0.1, 0.15) is 17.9 Å². The fourth-order valence-electron chi connectivity index (χ4n) is 2.62. The topological polar surface area (TPSA) is 43.8 Å². The van der Waals surface area contributed by atoms with Gasteiger partial charge in [-0.05, 0) is 43.7 Å². The summed E-state index contributed by atoms with van der Waals surface area (Å²) in [5, 5.41) is 0. The second kappa shape index (κ2) is 4.53. The maximum absolute atomic E-state index is 13.0. The van der Waals surface area contributed by atoms with Gasteiger partial charge in [0.2, 0.25) is 0 Å². The van der Waals surface area contributed by atoms with Crippen LogP contribution in [0.2, 0.25) is 0 Å². The Balaban J connectivity index is 2.07. The van der Waals surface area contributed by atoms with Crippen molar-refractivity contribution < 1.29 is 4.39 Å². The van der Waals surface area contributed by atoms with Gasteiger partial charge in [0.15, 0.2) is 0 Å². The maximum Gasteiger partial charge on any atom is 0.123 e. The van der Waals surface area contributed by atoms with Crippen LogP contribution in [-0.2, 0) is 19.4 Å². The van der Waals surface area contributed by atoms with Gasteiger partial charge >= 0.3 is 0 Å². The summed E-state index contributed by atoms with van der Waals surface area (Å²) in [5.74, 6) is 0.848. The van der Waals surface area contributed by atoms with E-state index in [4.69, 9.17) is 5.73 Å². The Morgan fingerprint density at radius 3 is 2.78 bits per heavy atom. The number of nitrogens with zero attached hydrogens (tertiary/aromatic N) is 2. The van der Waals surface area contributed by atoms with Gasteiger partial charge in [0, 0.05) is 24.2 Å². The second-order valence-electron chi connectivity index (χ2n) is 4.62. The van der Waals surface area contributed by atoms with Crippen molar-refractivity contribution in [1.29, 1.82) is 0 Å². The van der Waals surface area contributed by atoms with E-state index in [1.54, 1.807) is 12.1 Å². The lowest BCUT2D eigenvalue weighted by Gasteiger charge is -2.01. The first-order valence-electron chi connectivity index (χ1n) is 6.34. The minimum absolute atomic E-state index is 0.211. The third-order valence-corrected chi connectivity index (χ3v) is 3.43. The molecule has 0 radical (unpaired) electrons. The Hall–Kier alpha value is -1.68. The van der Waals surface area contributed by atoms with E-state index in [-0.39, 0.29) is 5.82 Å². The van der Waals surface area contributed by atoms with Crippen molar-refractivity contribution >= 4 is 0 Å². The van der Waals surface area contributed by atoms with Gasteiger partial charge < -0.3 is 10.3 Å². The highest BCUT2D eigenvalue weighted by molar-refractivity contribution is 5.63. The molecular formula is C14H16FN3. The predicted octanol–water partition coefficient (Wildman–Crippen LogP) is 2.14. The monoisotopic (exact) mass is 245 g/mol. The first-order valence-corrected chi connectivity index (χ1v) is 6.34. The van der Waals surface area contributed by atoms with Crippen molar-refractivity contribution in [1.82, 2.24) is 9.55 Å². The van der Waals surface area contributed by atoms with Gasteiger partial charge in [0.1, 0.15) is 11.6 Å². The lowest BCUT2D eigenvalue weighted by atomic mass is 10.1. The molecule has 3 nitrogen and oxygen atoms in total. The van der Waals surface area contributed by atoms with Crippen LogP contribution in [0.3, 0.4) is 0 Å². The zero-order valence-electron chi connectivity index (χ0n) is 10.2. The third kappa shape index (κ3) is 1.82. The smallest absolute Gasteiger partial charge is 0.123 e. The number of rotatable bonds is 3. The van der Waals surface area contributed by atoms with Crippen LogP contribution in [0.5, 0.6) is 0 Å². The van der Waals surface area contributed by atoms with Crippen molar-refractivity contribution in [2.75, 3.05) is 6.54 Å². The van der Waals surface area contributed by atoms with Gasteiger partial charge in [-0.25, -0.2) is 9.37 Å². The molecule has 0 fully saturated rings. The molecule has 18 heavy (non-hydrogen) atoms. The Kier molecular flexibility index (Phi) is 2.88. The molecule has 3 rings (SSSR count). The molecule has 1 aromatic heterocycles. The van der Waals surface area contributed by atoms with E-state index < -0.39 is 0 Å². The predicted molar refractivity (Wildman–Crippen MR) is 68.7 cm³/mol. The quantitative estimate of drug-likeness (QED) is 0.900. The van der Waals surface area contributed by atoms with Crippen molar-refractivity contribution in [3.05, 3.63) is 41.6 Å². The molecule has 0 saturated carbocycles. The Morgan fingerprint density at radius 1 is 1.28 bits per heavy atom. The van der Waals surface area contributed by atoms with Gasteiger partial charge in [-0.1, -0.05) is 0 Å². The number of aromatic nitrogens is 2. The molecule has 2 N–H and O–H groups in total. The van der Waals surface area contributed by atoms with Gasteiger partial charge in [-0.15, -0.1) is 0 Å². The van der Waals surface area contributed by atoms with E-state index in [9.17, 15) is 4.39 Å². The number of hydrogen-bond acceptors (Lipinski definition) is 2. The molecule has 0 bridgehead atoms. The summed E-state index contributed by atoms with van der Waals surface area (Å²) in [6, 6.07) is 6.56. The molecule has 0 aliphatic carbocycles. The molecule has 2 heterocycles. The molecule has 0 saturated heterocycles. The first-order chi connectivity index (χ1) is 8.79. The molecule has 0 amide bonds. The van der Waals surface area contributed by atoms with Crippen LogP contribution in [-0.4, -0.2) is 16.1 Å². The van der Waals surface area contributed by atoms with Gasteiger partial charge in [-0.2, -0.15) is 0 Å². The summed E-state index contributed by atoms with van der Waals surface area (Å²) in [5.41, 5.74) is 8.88. The summed E-state index contributed by atoms with van der Waals surface area (Å²) >= 11 is 0. The molecule has 94 valence electrons. The molecule has 0 atom stereocenters. The molecule has 1 aliphatic heterocycles. The average Bonchev–Trinajstić information content (AvgIpc) is 2.95. The van der Waals surface area contributed by atoms with Crippen LogP contribution in [0.4, 0.5) is 4.39 Å². The SMILES string of the molecule is NCCc1nc(-c2ccc(F)cc2)c2n1CCC2. The zero-order valence-corrected chi connectivity index (χ0v) is 10.2. The van der Waals surface area contributed by atoms with E-state index in [1.165, 1.54) is 17.8 Å². The van der Waals surface area contributed by atoms with Crippen LogP contribution in [0.25, 0.3) is 11.3 Å². The van der Waals surface area contributed by atoms with Crippen LogP contribution in [0.15, 0.2) is 24.3 Å². The number of halogens is 1. The van der Waals surface area contributed by atoms with Crippen LogP contribution < -0.4 is 5.73 Å². The van der Waals surface area contributed by atoms with E-state index in [0.29, 0.717) is 6.54 Å². The normalized spacial score (nSPS) is 13.9. The van der Waals surface area contributed by atoms with Gasteiger partial charge in [0.05, 0.1) is 5.69 Å². The van der Waals surface area contributed by atoms with E-state index in [0.717, 1.165) is 42.9 Å². The summed E-state index contributed by atoms with van der Waals surface area (Å²) < 4.78 is 15.2. The maximum atomic E-state index is 13.0. The van der Waals surface area contributed by atoms with E-state index in [1.807, 2.05) is 0 Å². The highest BCUT2D eigenvalue weighted by Gasteiger charge is 2.21. The molecule has 2 aromatic rings. The lowest BCUT2D eigenvalue weighted by molar-refractivity contribution is 0.628. The van der Waals surface area contributed by atoms with Gasteiger partial charge in [0.25, 0.3) is 0 Å². The van der Waals surface area contributed by atoms with Crippen LogP contribution >= 0.6 is 0 Å². The molecule has 0 spiro atoms. The molecule has 0 unspecified atom stereocenters. The Morgan fingerprint density at radius 2 is 2.06 bits per heavy atom. The number of benzene rings is 1. The molecular weight excluding hydrogens is 229 g/mol. The lowest BCUT2D eigenvalue weighted by Crippen LogP contribution is -2.08. The highest BCUT2D eigenvalue weighted by atomic mass is 19.1. The largest absolute Gasteiger partial charge is 0.331 e. The fraction of sp³-hybridized carbons (Fsp3) is 0.357. The number of imidazole rings is 1. The highest BCUT2D eigenvalue weighted by Crippen LogP contribution is 2.29. The van der Waals surface area contributed by atoms with Gasteiger partial charge in [-0.3, -0.25) is 0 Å². The van der Waals surface area contributed by atoms with E-state index >= 15 is 0 Å². The Bertz CT molecular complexity index is 557. The van der Waals surface area contributed by atoms with Crippen molar-refractivity contribution in [2.45, 2.75) is 25.8 Å². The standard InChI is InChI=1S/C14H16FN3/c15-11-5-3-10(4-6-11)14-12-2-1-9-18(12)13(17-14)7-8-16/h3-6H,1-2,7-9,16H2. The second-order valence-corrected chi connectivity index (χ2v) is 4.62. The summed E-state index contributed by atoms with van der Waals surface area (Å²) in [7, 11) is 0. The van der Waals surface area contributed by atoms with Crippen molar-refractivity contribution in [3.8, 4) is 11.3 Å². The minimum atomic E-state index is -0.211. The number of hydrogen-bond donors (Lipinski definition) is 1. The summed E-state index contributed by atoms with van der Waals surface area (Å²) in [4.78, 5) is 4.68. The number of nitrogens with two attached hydrogens (primary N) is 1. The van der Waals surface area contributed by atoms with Crippen LogP contribution in [0, 0.1) is 5.82 Å². The third-order valence-electron chi connectivity index (χ3n) is 3.43. The zero-order chi connectivity index (χ0) is 12.5. The van der Waals surface area contributed by atoms with E-state index in [2.05, 4.69) is 9.55 Å². The molecule has 1 aromatic carbocycles.